The molecule has 2 aromatic carbocycles. The zero-order valence-electron chi connectivity index (χ0n) is 15.4. The fourth-order valence-electron chi connectivity index (χ4n) is 2.98. The van der Waals surface area contributed by atoms with Crippen molar-refractivity contribution in [1.29, 1.82) is 0 Å². The molecule has 2 heterocycles. The zero-order chi connectivity index (χ0) is 20.4. The number of H-pyrrole nitrogens is 1. The Kier molecular flexibility index (Phi) is 4.81. The molecule has 2 aromatic heterocycles. The number of hydrogen-bond acceptors (Lipinski definition) is 6. The molecule has 0 aliphatic rings. The summed E-state index contributed by atoms with van der Waals surface area (Å²) in [6.07, 6.45) is 2.79. The smallest absolute Gasteiger partial charge is 0.265 e. The quantitative estimate of drug-likeness (QED) is 0.523. The number of nitrogens with one attached hydrogen (secondary N) is 1. The van der Waals surface area contributed by atoms with E-state index in [-0.39, 0.29) is 22.8 Å². The van der Waals surface area contributed by atoms with E-state index in [0.29, 0.717) is 16.5 Å². The molecule has 9 heteroatoms. The molecule has 4 rings (SSSR count). The Morgan fingerprint density at radius 1 is 1.10 bits per heavy atom. The van der Waals surface area contributed by atoms with Crippen LogP contribution in [-0.2, 0) is 16.6 Å². The van der Waals surface area contributed by atoms with Crippen LogP contribution in [0.5, 0.6) is 5.75 Å². The van der Waals surface area contributed by atoms with Crippen LogP contribution in [0.3, 0.4) is 0 Å². The number of rotatable bonds is 6. The molecule has 29 heavy (non-hydrogen) atoms. The van der Waals surface area contributed by atoms with Crippen molar-refractivity contribution in [2.75, 3.05) is 11.4 Å². The first-order valence-electron chi connectivity index (χ1n) is 8.66. The molecule has 0 aliphatic heterocycles. The van der Waals surface area contributed by atoms with Crippen molar-refractivity contribution in [3.63, 3.8) is 0 Å². The highest BCUT2D eigenvalue weighted by molar-refractivity contribution is 7.92. The minimum Gasteiger partial charge on any atom is -0.497 e. The lowest BCUT2D eigenvalue weighted by molar-refractivity contribution is 0.414. The van der Waals surface area contributed by atoms with E-state index >= 15 is 0 Å². The Morgan fingerprint density at radius 3 is 2.59 bits per heavy atom. The van der Waals surface area contributed by atoms with Crippen molar-refractivity contribution in [2.24, 2.45) is 0 Å². The number of nitrogens with zero attached hydrogens (tertiary/aromatic N) is 2. The van der Waals surface area contributed by atoms with Gasteiger partial charge in [0.2, 0.25) is 0 Å². The average molecular weight is 411 g/mol. The number of benzene rings is 2. The van der Waals surface area contributed by atoms with Gasteiger partial charge in [-0.15, -0.1) is 0 Å². The van der Waals surface area contributed by atoms with Crippen molar-refractivity contribution in [1.82, 2.24) is 10.1 Å². The molecule has 0 fully saturated rings. The molecule has 0 saturated heterocycles. The van der Waals surface area contributed by atoms with Gasteiger partial charge in [0.05, 0.1) is 18.6 Å². The van der Waals surface area contributed by atoms with Gasteiger partial charge >= 0.3 is 0 Å². The van der Waals surface area contributed by atoms with E-state index in [2.05, 4.69) is 10.1 Å². The van der Waals surface area contributed by atoms with Gasteiger partial charge in [0.15, 0.2) is 5.82 Å². The molecule has 8 nitrogen and oxygen atoms in total. The first-order valence-corrected chi connectivity index (χ1v) is 10.1. The molecule has 0 radical (unpaired) electrons. The van der Waals surface area contributed by atoms with E-state index in [9.17, 15) is 13.2 Å². The summed E-state index contributed by atoms with van der Waals surface area (Å²) in [4.78, 5) is 14.5. The van der Waals surface area contributed by atoms with E-state index in [0.717, 1.165) is 9.87 Å². The van der Waals surface area contributed by atoms with Crippen LogP contribution in [0.1, 0.15) is 5.56 Å². The highest BCUT2D eigenvalue weighted by Crippen LogP contribution is 2.26. The number of ether oxygens (including phenoxy) is 1. The molecular formula is C20H17N3O5S. The molecule has 0 unspecified atom stereocenters. The third kappa shape index (κ3) is 3.59. The fraction of sp³-hybridized carbons (Fsp3) is 0.100. The summed E-state index contributed by atoms with van der Waals surface area (Å²) in [6, 6.07) is 14.6. The third-order valence-electron chi connectivity index (χ3n) is 4.50. The fourth-order valence-corrected chi connectivity index (χ4v) is 4.41. The second-order valence-electron chi connectivity index (χ2n) is 6.27. The maximum Gasteiger partial charge on any atom is 0.265 e. The predicted octanol–water partition coefficient (Wildman–Crippen LogP) is 2.92. The maximum absolute atomic E-state index is 13.4. The Labute approximate surface area is 166 Å². The summed E-state index contributed by atoms with van der Waals surface area (Å²) < 4.78 is 38.0. The number of methoxy groups -OCH3 is 1. The molecule has 4 aromatic rings. The van der Waals surface area contributed by atoms with Gasteiger partial charge in [-0.25, -0.2) is 12.7 Å². The Hall–Kier alpha value is -3.59. The molecular weight excluding hydrogens is 394 g/mol. The van der Waals surface area contributed by atoms with Crippen molar-refractivity contribution < 1.29 is 17.7 Å². The molecule has 148 valence electrons. The Bertz CT molecular complexity index is 1300. The van der Waals surface area contributed by atoms with Gasteiger partial charge in [-0.2, -0.15) is 0 Å². The molecule has 0 bridgehead atoms. The first-order chi connectivity index (χ1) is 14.0. The molecule has 0 aliphatic carbocycles. The lowest BCUT2D eigenvalue weighted by Gasteiger charge is -2.22. The summed E-state index contributed by atoms with van der Waals surface area (Å²) in [5.74, 6) is 0.830. The summed E-state index contributed by atoms with van der Waals surface area (Å²) in [5, 5.41) is 4.75. The average Bonchev–Trinajstić information content (AvgIpc) is 3.26. The molecule has 0 spiro atoms. The summed E-state index contributed by atoms with van der Waals surface area (Å²) in [6.45, 7) is 0.0479. The Morgan fingerprint density at radius 2 is 1.90 bits per heavy atom. The number of aromatic nitrogens is 2. The number of pyridine rings is 1. The van der Waals surface area contributed by atoms with Gasteiger partial charge < -0.3 is 14.2 Å². The molecule has 0 saturated carbocycles. The van der Waals surface area contributed by atoms with Crippen LogP contribution in [0.2, 0.25) is 0 Å². The lowest BCUT2D eigenvalue weighted by Crippen LogP contribution is -2.31. The van der Waals surface area contributed by atoms with Gasteiger partial charge in [-0.3, -0.25) is 4.79 Å². The van der Waals surface area contributed by atoms with E-state index in [1.165, 1.54) is 36.7 Å². The minimum atomic E-state index is -3.97. The largest absolute Gasteiger partial charge is 0.497 e. The van der Waals surface area contributed by atoms with Gasteiger partial charge in [-0.05, 0) is 47.3 Å². The Balaban J connectivity index is 1.77. The van der Waals surface area contributed by atoms with E-state index < -0.39 is 10.0 Å². The van der Waals surface area contributed by atoms with E-state index in [4.69, 9.17) is 9.26 Å². The highest BCUT2D eigenvalue weighted by atomic mass is 32.2. The van der Waals surface area contributed by atoms with Crippen LogP contribution in [-0.4, -0.2) is 25.7 Å². The molecule has 0 amide bonds. The van der Waals surface area contributed by atoms with Gasteiger partial charge in [0.1, 0.15) is 12.0 Å². The van der Waals surface area contributed by atoms with Crippen LogP contribution in [0.4, 0.5) is 5.82 Å². The van der Waals surface area contributed by atoms with Crippen molar-refractivity contribution in [2.45, 2.75) is 11.4 Å². The van der Waals surface area contributed by atoms with E-state index in [1.54, 1.807) is 37.4 Å². The number of aromatic amines is 1. The van der Waals surface area contributed by atoms with Gasteiger partial charge in [0.25, 0.3) is 15.6 Å². The van der Waals surface area contributed by atoms with Crippen LogP contribution in [0, 0.1) is 0 Å². The topological polar surface area (TPSA) is 106 Å². The summed E-state index contributed by atoms with van der Waals surface area (Å²) in [7, 11) is -2.41. The standard InChI is InChI=1S/C20H17N3O5S/c1-27-16-4-2-14(3-5-16)13-23(19-9-11-28-22-19)29(25,26)17-6-7-18-15(12-17)8-10-21-20(18)24/h2-12H,13H2,1H3,(H,21,24). The first kappa shape index (κ1) is 18.8. The van der Waals surface area contributed by atoms with Crippen LogP contribution >= 0.6 is 0 Å². The number of sulfonamides is 1. The normalized spacial score (nSPS) is 11.5. The van der Waals surface area contributed by atoms with Crippen LogP contribution in [0.15, 0.2) is 81.3 Å². The maximum atomic E-state index is 13.4. The molecule has 0 atom stereocenters. The minimum absolute atomic E-state index is 0.0479. The van der Waals surface area contributed by atoms with Crippen LogP contribution < -0.4 is 14.6 Å². The molecule has 1 N–H and O–H groups in total. The number of hydrogen-bond donors (Lipinski definition) is 1. The number of fused-ring (bicyclic) bond motifs is 1. The third-order valence-corrected chi connectivity index (χ3v) is 6.24. The number of anilines is 1. The summed E-state index contributed by atoms with van der Waals surface area (Å²) >= 11 is 0. The SMILES string of the molecule is COc1ccc(CN(c2ccon2)S(=O)(=O)c2ccc3c(=O)[nH]ccc3c2)cc1. The van der Waals surface area contributed by atoms with Crippen molar-refractivity contribution >= 4 is 26.6 Å². The van der Waals surface area contributed by atoms with Gasteiger partial charge in [-0.1, -0.05) is 17.3 Å². The van der Waals surface area contributed by atoms with Crippen molar-refractivity contribution in [3.05, 3.63) is 83.0 Å². The van der Waals surface area contributed by atoms with E-state index in [1.807, 2.05) is 0 Å². The lowest BCUT2D eigenvalue weighted by atomic mass is 10.2. The second-order valence-corrected chi connectivity index (χ2v) is 8.14. The second kappa shape index (κ2) is 7.44. The van der Waals surface area contributed by atoms with Gasteiger partial charge in [0, 0.05) is 17.6 Å². The zero-order valence-corrected chi connectivity index (χ0v) is 16.2. The predicted molar refractivity (Wildman–Crippen MR) is 107 cm³/mol. The highest BCUT2D eigenvalue weighted by Gasteiger charge is 2.27. The van der Waals surface area contributed by atoms with Crippen molar-refractivity contribution in [3.8, 4) is 5.75 Å². The summed E-state index contributed by atoms with van der Waals surface area (Å²) in [5.41, 5.74) is 0.465. The monoisotopic (exact) mass is 411 g/mol. The van der Waals surface area contributed by atoms with Crippen LogP contribution in [0.25, 0.3) is 10.8 Å².